The van der Waals surface area contributed by atoms with Gasteiger partial charge in [0.25, 0.3) is 0 Å². The van der Waals surface area contributed by atoms with Crippen molar-refractivity contribution in [2.45, 2.75) is 79.7 Å². The summed E-state index contributed by atoms with van der Waals surface area (Å²) in [6.07, 6.45) is 0. The first-order valence-corrected chi connectivity index (χ1v) is 18.0. The predicted octanol–water partition coefficient (Wildman–Crippen LogP) is 8.30. The van der Waals surface area contributed by atoms with Gasteiger partial charge >= 0.3 is 265 Å². The van der Waals surface area contributed by atoms with Crippen LogP contribution in [0.3, 0.4) is 0 Å². The second-order valence-corrected chi connectivity index (χ2v) is 17.8. The fraction of sp³-hybridized carbons (Fsp3) is 0.333. The van der Waals surface area contributed by atoms with Crippen molar-refractivity contribution < 1.29 is 23.1 Å². The number of hydrogen-bond acceptors (Lipinski definition) is 6. The SMILES string of the molecule is Cc1ccccc1OP(O)(OP(O)Oc1c(C(C)(C)C)cc(CN)cc1C(C)(C)C)(c1ccccc1C)c1ccccc1C. The first kappa shape index (κ1) is 34.1. The maximum absolute atomic E-state index is 13.5. The molecule has 44 heavy (non-hydrogen) atoms. The Hall–Kier alpha value is -2.82. The summed E-state index contributed by atoms with van der Waals surface area (Å²) < 4.78 is 20.0. The van der Waals surface area contributed by atoms with E-state index in [1.165, 1.54) is 0 Å². The molecule has 1 unspecified atom stereocenters. The van der Waals surface area contributed by atoms with Gasteiger partial charge in [-0.1, -0.05) is 0 Å². The van der Waals surface area contributed by atoms with E-state index in [0.29, 0.717) is 28.7 Å². The topological polar surface area (TPSA) is 94.2 Å². The number of para-hydroxylation sites is 1. The van der Waals surface area contributed by atoms with Crippen molar-refractivity contribution in [3.05, 3.63) is 118 Å². The summed E-state index contributed by atoms with van der Waals surface area (Å²) >= 11 is 0. The van der Waals surface area contributed by atoms with E-state index in [9.17, 15) is 9.79 Å². The van der Waals surface area contributed by atoms with E-state index in [2.05, 4.69) is 41.5 Å². The Kier molecular flexibility index (Phi) is 9.69. The van der Waals surface area contributed by atoms with Crippen LogP contribution in [0.5, 0.6) is 11.5 Å². The van der Waals surface area contributed by atoms with Crippen molar-refractivity contribution in [2.75, 3.05) is 0 Å². The molecule has 4 aromatic rings. The van der Waals surface area contributed by atoms with Crippen molar-refractivity contribution in [3.8, 4) is 11.5 Å². The van der Waals surface area contributed by atoms with Crippen LogP contribution in [0.25, 0.3) is 0 Å². The molecular weight excluding hydrogens is 588 g/mol. The van der Waals surface area contributed by atoms with Crippen molar-refractivity contribution in [1.29, 1.82) is 0 Å². The van der Waals surface area contributed by atoms with Gasteiger partial charge in [0.05, 0.1) is 0 Å². The fourth-order valence-corrected chi connectivity index (χ4v) is 10.9. The van der Waals surface area contributed by atoms with Gasteiger partial charge in [-0.05, 0) is 0 Å². The van der Waals surface area contributed by atoms with Crippen LogP contribution in [-0.4, -0.2) is 9.79 Å². The van der Waals surface area contributed by atoms with E-state index in [-0.39, 0.29) is 10.8 Å². The number of hydrogen-bond donors (Lipinski definition) is 3. The molecule has 0 aliphatic heterocycles. The number of aryl methyl sites for hydroxylation is 3. The third-order valence-corrected chi connectivity index (χ3v) is 13.2. The maximum atomic E-state index is 13.5. The second kappa shape index (κ2) is 12.5. The zero-order chi connectivity index (χ0) is 32.5. The second-order valence-electron chi connectivity index (χ2n) is 13.5. The molecule has 0 saturated heterocycles. The molecule has 0 aliphatic rings. The van der Waals surface area contributed by atoms with Gasteiger partial charge in [0.15, 0.2) is 0 Å². The number of rotatable bonds is 9. The Morgan fingerprint density at radius 2 is 1.14 bits per heavy atom. The summed E-state index contributed by atoms with van der Waals surface area (Å²) in [6, 6.07) is 26.4. The molecule has 0 amide bonds. The summed E-state index contributed by atoms with van der Waals surface area (Å²) in [7, 11) is -7.93. The monoisotopic (exact) mass is 635 g/mol. The molecule has 4 aromatic carbocycles. The van der Waals surface area contributed by atoms with Crippen LogP contribution >= 0.6 is 15.9 Å². The van der Waals surface area contributed by atoms with Gasteiger partial charge < -0.3 is 0 Å². The Labute approximate surface area is 264 Å². The molecule has 0 radical (unpaired) electrons. The average Bonchev–Trinajstić information content (AvgIpc) is 2.93. The summed E-state index contributed by atoms with van der Waals surface area (Å²) in [6.45, 7) is 18.6. The van der Waals surface area contributed by atoms with Gasteiger partial charge in [-0.25, -0.2) is 0 Å². The molecule has 4 rings (SSSR count). The van der Waals surface area contributed by atoms with Crippen LogP contribution in [0, 0.1) is 20.8 Å². The molecule has 8 heteroatoms. The Morgan fingerprint density at radius 1 is 0.705 bits per heavy atom. The summed E-state index contributed by atoms with van der Waals surface area (Å²) in [5.41, 5.74) is 10.5. The molecule has 6 nitrogen and oxygen atoms in total. The molecule has 0 bridgehead atoms. The summed E-state index contributed by atoms with van der Waals surface area (Å²) in [5, 5.41) is 0.901. The molecule has 0 heterocycles. The Balaban J connectivity index is 2.00. The fourth-order valence-electron chi connectivity index (χ4n) is 5.43. The van der Waals surface area contributed by atoms with E-state index in [4.69, 9.17) is 19.1 Å². The minimum atomic E-state index is -5.17. The minimum absolute atomic E-state index is 0.342. The van der Waals surface area contributed by atoms with Crippen LogP contribution in [0.15, 0.2) is 84.9 Å². The molecule has 0 aliphatic carbocycles. The molecule has 0 spiro atoms. The van der Waals surface area contributed by atoms with E-state index in [1.54, 1.807) is 18.2 Å². The third-order valence-electron chi connectivity index (χ3n) is 7.83. The zero-order valence-electron chi connectivity index (χ0n) is 27.4. The van der Waals surface area contributed by atoms with Crippen LogP contribution < -0.4 is 25.4 Å². The third kappa shape index (κ3) is 6.72. The van der Waals surface area contributed by atoms with E-state index in [1.807, 2.05) is 87.5 Å². The Morgan fingerprint density at radius 3 is 1.55 bits per heavy atom. The van der Waals surface area contributed by atoms with Crippen LogP contribution in [0.1, 0.15) is 74.9 Å². The van der Waals surface area contributed by atoms with E-state index < -0.39 is 15.9 Å². The van der Waals surface area contributed by atoms with Gasteiger partial charge in [-0.2, -0.15) is 0 Å². The predicted molar refractivity (Wildman–Crippen MR) is 185 cm³/mol. The number of nitrogens with two attached hydrogens (primary N) is 1. The number of benzene rings is 4. The first-order valence-electron chi connectivity index (χ1n) is 14.9. The van der Waals surface area contributed by atoms with Crippen LogP contribution in [0.2, 0.25) is 0 Å². The molecule has 236 valence electrons. The standard InChI is InChI=1S/C36H47NO5P2/c1-25-16-10-13-19-31(25)41-44(39,32-20-14-11-17-26(32)2,33-21-15-12-18-27(33)3)42-43(38)40-34-29(35(4,5)6)22-28(24-37)23-30(34)36(7,8)9/h10-23,38-39H,24,37H2,1-9H3. The summed E-state index contributed by atoms with van der Waals surface area (Å²) in [4.78, 5) is 25.4. The van der Waals surface area contributed by atoms with Gasteiger partial charge in [0.2, 0.25) is 0 Å². The van der Waals surface area contributed by atoms with Gasteiger partial charge in [0, 0.05) is 0 Å². The first-order chi connectivity index (χ1) is 20.5. The van der Waals surface area contributed by atoms with Crippen molar-refractivity contribution in [2.24, 2.45) is 5.73 Å². The van der Waals surface area contributed by atoms with Gasteiger partial charge in [0.1, 0.15) is 0 Å². The van der Waals surface area contributed by atoms with Crippen molar-refractivity contribution >= 4 is 26.5 Å². The van der Waals surface area contributed by atoms with Gasteiger partial charge in [-0.3, -0.25) is 0 Å². The van der Waals surface area contributed by atoms with Crippen molar-refractivity contribution in [1.82, 2.24) is 0 Å². The molecule has 4 N–H and O–H groups in total. The molecular formula is C36H47NO5P2. The van der Waals surface area contributed by atoms with Crippen LogP contribution in [0.4, 0.5) is 0 Å². The van der Waals surface area contributed by atoms with E-state index >= 15 is 0 Å². The van der Waals surface area contributed by atoms with Crippen LogP contribution in [-0.2, 0) is 21.7 Å². The molecule has 1 atom stereocenters. The van der Waals surface area contributed by atoms with Gasteiger partial charge in [-0.15, -0.1) is 0 Å². The van der Waals surface area contributed by atoms with Crippen molar-refractivity contribution in [3.63, 3.8) is 0 Å². The average molecular weight is 636 g/mol. The summed E-state index contributed by atoms with van der Waals surface area (Å²) in [5.74, 6) is 0.965. The molecule has 0 fully saturated rings. The Bertz CT molecular complexity index is 1560. The zero-order valence-corrected chi connectivity index (χ0v) is 29.2. The van der Waals surface area contributed by atoms with E-state index in [0.717, 1.165) is 33.4 Å². The molecule has 0 saturated carbocycles. The quantitative estimate of drug-likeness (QED) is 0.160. The normalized spacial score (nSPS) is 14.0. The molecule has 0 aromatic heterocycles.